The van der Waals surface area contributed by atoms with Gasteiger partial charge in [-0.05, 0) is 6.92 Å². The third-order valence-electron chi connectivity index (χ3n) is 1.69. The molecule has 0 bridgehead atoms. The maximum Gasteiger partial charge on any atom is 0.407 e. The minimum atomic E-state index is -0.930. The van der Waals surface area contributed by atoms with Crippen molar-refractivity contribution in [2.24, 2.45) is 5.92 Å². The first-order valence-electron chi connectivity index (χ1n) is 3.27. The molecule has 1 aliphatic heterocycles. The zero-order valence-electron chi connectivity index (χ0n) is 6.03. The van der Waals surface area contributed by atoms with Crippen LogP contribution in [0, 0.1) is 5.92 Å². The van der Waals surface area contributed by atoms with Gasteiger partial charge in [-0.25, -0.2) is 4.79 Å². The molecule has 0 radical (unpaired) electrons. The lowest BCUT2D eigenvalue weighted by molar-refractivity contribution is -0.142. The molecular weight excluding hydrogens is 150 g/mol. The van der Waals surface area contributed by atoms with E-state index >= 15 is 0 Å². The number of ether oxygens (including phenoxy) is 1. The monoisotopic (exact) mass is 159 g/mol. The van der Waals surface area contributed by atoms with E-state index in [0.29, 0.717) is 0 Å². The van der Waals surface area contributed by atoms with Crippen LogP contribution >= 0.6 is 0 Å². The first kappa shape index (κ1) is 7.84. The van der Waals surface area contributed by atoms with Gasteiger partial charge in [-0.1, -0.05) is 0 Å². The predicted octanol–water partition coefficient (Wildman–Crippen LogP) is -0.185. The van der Waals surface area contributed by atoms with Gasteiger partial charge in [-0.15, -0.1) is 0 Å². The quantitative estimate of drug-likeness (QED) is 0.585. The number of nitrogens with one attached hydrogen (secondary N) is 1. The molecule has 1 amide bonds. The molecule has 2 atom stereocenters. The minimum Gasteiger partial charge on any atom is -0.481 e. The number of alkyl carbamates (subject to hydrolysis) is 1. The summed E-state index contributed by atoms with van der Waals surface area (Å²) in [7, 11) is 0. The van der Waals surface area contributed by atoms with E-state index in [1.54, 1.807) is 0 Å². The fraction of sp³-hybridized carbons (Fsp3) is 0.667. The lowest BCUT2D eigenvalue weighted by atomic mass is 10.0. The smallest absolute Gasteiger partial charge is 0.407 e. The van der Waals surface area contributed by atoms with Gasteiger partial charge in [0.25, 0.3) is 0 Å². The number of rotatable bonds is 2. The number of carbonyl (C=O) groups is 2. The molecule has 62 valence electrons. The normalized spacial score (nSPS) is 25.5. The molecule has 1 saturated heterocycles. The number of carboxylic acids is 1. The second kappa shape index (κ2) is 2.77. The topological polar surface area (TPSA) is 75.6 Å². The molecule has 0 aromatic rings. The van der Waals surface area contributed by atoms with Gasteiger partial charge in [0.1, 0.15) is 6.61 Å². The molecule has 5 nitrogen and oxygen atoms in total. The molecule has 0 saturated carbocycles. The van der Waals surface area contributed by atoms with Crippen molar-refractivity contribution in [3.8, 4) is 0 Å². The van der Waals surface area contributed by atoms with Crippen molar-refractivity contribution < 1.29 is 19.4 Å². The SMILES string of the molecule is C[C@@H](C(=O)O)[C@H]1COC(=O)N1. The van der Waals surface area contributed by atoms with Gasteiger partial charge in [-0.3, -0.25) is 4.79 Å². The molecule has 1 heterocycles. The van der Waals surface area contributed by atoms with E-state index in [1.807, 2.05) is 0 Å². The third-order valence-corrected chi connectivity index (χ3v) is 1.69. The van der Waals surface area contributed by atoms with Crippen LogP contribution in [0.1, 0.15) is 6.92 Å². The molecule has 1 rings (SSSR count). The molecule has 0 spiro atoms. The van der Waals surface area contributed by atoms with Crippen LogP contribution in [0.2, 0.25) is 0 Å². The molecular formula is C6H9NO4. The van der Waals surface area contributed by atoms with E-state index in [0.717, 1.165) is 0 Å². The summed E-state index contributed by atoms with van der Waals surface area (Å²) in [5.41, 5.74) is 0. The maximum atomic E-state index is 10.5. The van der Waals surface area contributed by atoms with Gasteiger partial charge in [-0.2, -0.15) is 0 Å². The Bertz CT molecular complexity index is 191. The van der Waals surface area contributed by atoms with Gasteiger partial charge >= 0.3 is 12.1 Å². The number of amides is 1. The highest BCUT2D eigenvalue weighted by Gasteiger charge is 2.31. The zero-order valence-corrected chi connectivity index (χ0v) is 6.03. The van der Waals surface area contributed by atoms with Crippen LogP contribution in [0.25, 0.3) is 0 Å². The largest absolute Gasteiger partial charge is 0.481 e. The zero-order chi connectivity index (χ0) is 8.43. The van der Waals surface area contributed by atoms with Crippen LogP contribution in [0.3, 0.4) is 0 Å². The number of aliphatic carboxylic acids is 1. The summed E-state index contributed by atoms with van der Waals surface area (Å²) >= 11 is 0. The molecule has 11 heavy (non-hydrogen) atoms. The van der Waals surface area contributed by atoms with Crippen molar-refractivity contribution >= 4 is 12.1 Å². The number of hydrogen-bond acceptors (Lipinski definition) is 3. The van der Waals surface area contributed by atoms with Gasteiger partial charge in [0.2, 0.25) is 0 Å². The number of carboxylic acid groups (broad SMARTS) is 1. The highest BCUT2D eigenvalue weighted by molar-refractivity contribution is 5.74. The van der Waals surface area contributed by atoms with Crippen molar-refractivity contribution in [2.45, 2.75) is 13.0 Å². The molecule has 5 heteroatoms. The summed E-state index contributed by atoms with van der Waals surface area (Å²) in [5.74, 6) is -1.53. The predicted molar refractivity (Wildman–Crippen MR) is 35.1 cm³/mol. The standard InChI is InChI=1S/C6H9NO4/c1-3(5(8)9)4-2-11-6(10)7-4/h3-4H,2H2,1H3,(H,7,10)(H,8,9)/t3-,4-/m1/s1. The van der Waals surface area contributed by atoms with Crippen LogP contribution in [-0.2, 0) is 9.53 Å². The molecule has 0 unspecified atom stereocenters. The Labute approximate surface area is 63.3 Å². The van der Waals surface area contributed by atoms with Crippen LogP contribution in [0.15, 0.2) is 0 Å². The average molecular weight is 159 g/mol. The second-order valence-electron chi connectivity index (χ2n) is 2.48. The Kier molecular flexibility index (Phi) is 1.98. The third kappa shape index (κ3) is 1.60. The highest BCUT2D eigenvalue weighted by Crippen LogP contribution is 2.08. The van der Waals surface area contributed by atoms with Crippen molar-refractivity contribution in [3.63, 3.8) is 0 Å². The first-order valence-corrected chi connectivity index (χ1v) is 3.27. The van der Waals surface area contributed by atoms with E-state index in [-0.39, 0.29) is 12.6 Å². The van der Waals surface area contributed by atoms with Crippen molar-refractivity contribution in [1.82, 2.24) is 5.32 Å². The summed E-state index contributed by atoms with van der Waals surface area (Å²) in [6.07, 6.45) is -0.539. The fourth-order valence-electron chi connectivity index (χ4n) is 0.842. The van der Waals surface area contributed by atoms with Crippen molar-refractivity contribution in [3.05, 3.63) is 0 Å². The molecule has 2 N–H and O–H groups in total. The lowest BCUT2D eigenvalue weighted by Crippen LogP contribution is -2.36. The van der Waals surface area contributed by atoms with Crippen molar-refractivity contribution in [1.29, 1.82) is 0 Å². The van der Waals surface area contributed by atoms with Crippen molar-refractivity contribution in [2.75, 3.05) is 6.61 Å². The van der Waals surface area contributed by atoms with Crippen LogP contribution in [-0.4, -0.2) is 29.8 Å². The summed E-state index contributed by atoms with van der Waals surface area (Å²) in [4.78, 5) is 20.8. The van der Waals surface area contributed by atoms with Crippen LogP contribution < -0.4 is 5.32 Å². The van der Waals surface area contributed by atoms with Gasteiger partial charge < -0.3 is 15.2 Å². The molecule has 0 aromatic heterocycles. The van der Waals surface area contributed by atoms with E-state index < -0.39 is 18.0 Å². The second-order valence-corrected chi connectivity index (χ2v) is 2.48. The van der Waals surface area contributed by atoms with E-state index in [4.69, 9.17) is 5.11 Å². The summed E-state index contributed by atoms with van der Waals surface area (Å²) in [5, 5.41) is 10.9. The fourth-order valence-corrected chi connectivity index (χ4v) is 0.842. The number of carbonyl (C=O) groups excluding carboxylic acids is 1. The molecule has 0 aliphatic carbocycles. The van der Waals surface area contributed by atoms with Crippen LogP contribution in [0.5, 0.6) is 0 Å². The molecule has 1 fully saturated rings. The Morgan fingerprint density at radius 2 is 2.55 bits per heavy atom. The minimum absolute atomic E-state index is 0.145. The van der Waals surface area contributed by atoms with E-state index in [1.165, 1.54) is 6.92 Å². The Morgan fingerprint density at radius 3 is 2.91 bits per heavy atom. The number of hydrogen-bond donors (Lipinski definition) is 2. The summed E-state index contributed by atoms with van der Waals surface area (Å²) in [6, 6.07) is -0.389. The summed E-state index contributed by atoms with van der Waals surface area (Å²) in [6.45, 7) is 1.67. The Hall–Kier alpha value is -1.26. The molecule has 1 aliphatic rings. The summed E-state index contributed by atoms with van der Waals surface area (Å²) < 4.78 is 4.52. The van der Waals surface area contributed by atoms with Gasteiger partial charge in [0, 0.05) is 0 Å². The van der Waals surface area contributed by atoms with E-state index in [2.05, 4.69) is 10.1 Å². The average Bonchev–Trinajstić information content (AvgIpc) is 2.34. The highest BCUT2D eigenvalue weighted by atomic mass is 16.6. The first-order chi connectivity index (χ1) is 5.11. The number of cyclic esters (lactones) is 1. The van der Waals surface area contributed by atoms with Crippen LogP contribution in [0.4, 0.5) is 4.79 Å². The van der Waals surface area contributed by atoms with E-state index in [9.17, 15) is 9.59 Å². The Balaban J connectivity index is 2.49. The maximum absolute atomic E-state index is 10.5. The molecule has 0 aromatic carbocycles. The lowest BCUT2D eigenvalue weighted by Gasteiger charge is -2.10. The van der Waals surface area contributed by atoms with Gasteiger partial charge in [0.05, 0.1) is 12.0 Å². The van der Waals surface area contributed by atoms with Gasteiger partial charge in [0.15, 0.2) is 0 Å². The Morgan fingerprint density at radius 1 is 1.91 bits per heavy atom.